The summed E-state index contributed by atoms with van der Waals surface area (Å²) in [4.78, 5) is 46.6. The SMILES string of the molecule is COc1cc2c(cc1OCc1cc(COc3cc4c(cc3C)C(=O)N3c5ccccc5C[C@H]3[C-]=[N+]4C)cc(N(C)C(=O)CSC)c1)[N+](C)=[C-][C@@H]1Cc3ccccc3N1C2=O. The number of aryl methyl sites for hydroxylation is 1. The van der Waals surface area contributed by atoms with Crippen molar-refractivity contribution in [2.24, 2.45) is 0 Å². The number of anilines is 3. The Kier molecular flexibility index (Phi) is 10.2. The van der Waals surface area contributed by atoms with E-state index in [0.29, 0.717) is 58.3 Å². The maximum Gasteiger partial charge on any atom is 0.246 e. The minimum atomic E-state index is -0.234. The minimum absolute atomic E-state index is 0.0341. The van der Waals surface area contributed by atoms with Gasteiger partial charge in [0.1, 0.15) is 38.8 Å². The number of methoxy groups -OCH3 is 1. The Hall–Kier alpha value is -6.40. The van der Waals surface area contributed by atoms with Crippen LogP contribution < -0.4 is 28.9 Å². The molecule has 9 rings (SSSR count). The molecule has 0 unspecified atom stereocenters. The Balaban J connectivity index is 0.992. The third-order valence-electron chi connectivity index (χ3n) is 11.7. The number of carbonyl (C=O) groups excluding carboxylic acids is 3. The number of thioether (sulfide) groups is 1. The first-order valence-electron chi connectivity index (χ1n) is 19.9. The first-order valence-corrected chi connectivity index (χ1v) is 21.3. The fourth-order valence-corrected chi connectivity index (χ4v) is 9.11. The Bertz CT molecular complexity index is 2670. The van der Waals surface area contributed by atoms with Crippen LogP contribution in [0.25, 0.3) is 0 Å². The first-order chi connectivity index (χ1) is 29.0. The van der Waals surface area contributed by atoms with Gasteiger partial charge in [0, 0.05) is 59.7 Å². The highest BCUT2D eigenvalue weighted by molar-refractivity contribution is 7.99. The topological polar surface area (TPSA) is 94.6 Å². The minimum Gasteiger partial charge on any atom is -0.493 e. The molecule has 5 aromatic carbocycles. The summed E-state index contributed by atoms with van der Waals surface area (Å²) in [5, 5.41) is 0. The van der Waals surface area contributed by atoms with Gasteiger partial charge in [-0.1, -0.05) is 42.5 Å². The number of amides is 3. The number of carbonyl (C=O) groups is 3. The number of para-hydroxylation sites is 2. The molecule has 11 nitrogen and oxygen atoms in total. The zero-order chi connectivity index (χ0) is 41.8. The normalized spacial score (nSPS) is 17.2. The van der Waals surface area contributed by atoms with Crippen molar-refractivity contribution in [2.75, 3.05) is 55.0 Å². The van der Waals surface area contributed by atoms with E-state index in [9.17, 15) is 14.4 Å². The lowest BCUT2D eigenvalue weighted by Crippen LogP contribution is -2.38. The van der Waals surface area contributed by atoms with Crippen molar-refractivity contribution in [2.45, 2.75) is 45.1 Å². The van der Waals surface area contributed by atoms with Crippen molar-refractivity contribution in [1.29, 1.82) is 0 Å². The van der Waals surface area contributed by atoms with Gasteiger partial charge in [-0.2, -0.15) is 11.8 Å². The van der Waals surface area contributed by atoms with Crippen LogP contribution in [0.2, 0.25) is 0 Å². The summed E-state index contributed by atoms with van der Waals surface area (Å²) in [6.07, 6.45) is 10.3. The Labute approximate surface area is 354 Å². The molecule has 5 aromatic rings. The van der Waals surface area contributed by atoms with Crippen molar-refractivity contribution < 1.29 is 37.7 Å². The van der Waals surface area contributed by atoms with E-state index in [1.165, 1.54) is 11.8 Å². The molecule has 12 heteroatoms. The average Bonchev–Trinajstić information content (AvgIpc) is 3.75. The zero-order valence-corrected chi connectivity index (χ0v) is 35.3. The van der Waals surface area contributed by atoms with E-state index in [1.54, 1.807) is 25.1 Å². The van der Waals surface area contributed by atoms with E-state index in [4.69, 9.17) is 14.2 Å². The lowest BCUT2D eigenvalue weighted by atomic mass is 10.1. The van der Waals surface area contributed by atoms with Crippen LogP contribution in [0.4, 0.5) is 28.4 Å². The lowest BCUT2D eigenvalue weighted by molar-refractivity contribution is -0.401. The molecular weight excluding hydrogens is 775 g/mol. The average molecular weight is 820 g/mol. The highest BCUT2D eigenvalue weighted by atomic mass is 32.2. The molecule has 2 atom stereocenters. The quantitative estimate of drug-likeness (QED) is 0.110. The van der Waals surface area contributed by atoms with Gasteiger partial charge in [-0.05, 0) is 102 Å². The van der Waals surface area contributed by atoms with E-state index in [-0.39, 0.29) is 43.0 Å². The highest BCUT2D eigenvalue weighted by Crippen LogP contribution is 2.42. The van der Waals surface area contributed by atoms with Crippen LogP contribution in [0.5, 0.6) is 17.2 Å². The molecular formula is C48H45N5O6S. The molecule has 0 aliphatic carbocycles. The van der Waals surface area contributed by atoms with Gasteiger partial charge >= 0.3 is 0 Å². The van der Waals surface area contributed by atoms with Gasteiger partial charge in [0.15, 0.2) is 5.75 Å². The molecule has 0 N–H and O–H groups in total. The second kappa shape index (κ2) is 15.6. The molecule has 4 aliphatic rings. The van der Waals surface area contributed by atoms with Crippen LogP contribution >= 0.6 is 11.8 Å². The molecule has 0 aromatic heterocycles. The highest BCUT2D eigenvalue weighted by Gasteiger charge is 2.37. The monoisotopic (exact) mass is 819 g/mol. The maximum atomic E-state index is 14.1. The number of rotatable bonds is 10. The van der Waals surface area contributed by atoms with Gasteiger partial charge in [0.05, 0.1) is 24.2 Å². The van der Waals surface area contributed by atoms with Gasteiger partial charge in [0.2, 0.25) is 17.7 Å². The van der Waals surface area contributed by atoms with Crippen LogP contribution in [0.15, 0.2) is 91.0 Å². The van der Waals surface area contributed by atoms with Crippen molar-refractivity contribution in [3.8, 4) is 17.2 Å². The third kappa shape index (κ3) is 6.88. The van der Waals surface area contributed by atoms with Gasteiger partial charge < -0.3 is 38.1 Å². The van der Waals surface area contributed by atoms with Crippen molar-refractivity contribution in [3.05, 3.63) is 130 Å². The Morgan fingerprint density at radius 3 is 1.82 bits per heavy atom. The second-order valence-corrected chi connectivity index (χ2v) is 16.4. The molecule has 0 saturated heterocycles. The van der Waals surface area contributed by atoms with E-state index < -0.39 is 0 Å². The van der Waals surface area contributed by atoms with Gasteiger partial charge in [-0.3, -0.25) is 14.4 Å². The van der Waals surface area contributed by atoms with Crippen molar-refractivity contribution >= 4 is 70.3 Å². The molecule has 0 spiro atoms. The Morgan fingerprint density at radius 2 is 1.27 bits per heavy atom. The van der Waals surface area contributed by atoms with Gasteiger partial charge in [0.25, 0.3) is 0 Å². The fraction of sp³-hybridized carbons (Fsp3) is 0.271. The third-order valence-corrected chi connectivity index (χ3v) is 12.2. The number of benzene rings is 5. The van der Waals surface area contributed by atoms with E-state index in [1.807, 2.05) is 119 Å². The van der Waals surface area contributed by atoms with Crippen LogP contribution in [0, 0.1) is 6.92 Å². The van der Waals surface area contributed by atoms with Crippen molar-refractivity contribution in [1.82, 2.24) is 0 Å². The van der Waals surface area contributed by atoms with Crippen LogP contribution in [0.3, 0.4) is 0 Å². The summed E-state index contributed by atoms with van der Waals surface area (Å²) in [7, 11) is 7.14. The number of fused-ring (bicyclic) bond motifs is 8. The predicted molar refractivity (Wildman–Crippen MR) is 234 cm³/mol. The smallest absolute Gasteiger partial charge is 0.246 e. The Morgan fingerprint density at radius 1 is 0.750 bits per heavy atom. The molecule has 0 saturated carbocycles. The fourth-order valence-electron chi connectivity index (χ4n) is 8.67. The molecule has 0 bridgehead atoms. The van der Waals surface area contributed by atoms with Crippen LogP contribution in [0.1, 0.15) is 48.5 Å². The number of ether oxygens (including phenoxy) is 3. The summed E-state index contributed by atoms with van der Waals surface area (Å²) in [6.45, 7) is 2.28. The molecule has 4 aliphatic heterocycles. The van der Waals surface area contributed by atoms with Gasteiger partial charge in [-0.15, -0.1) is 0 Å². The van der Waals surface area contributed by atoms with Gasteiger partial charge in [-0.25, -0.2) is 0 Å². The molecule has 3 amide bonds. The lowest BCUT2D eigenvalue weighted by Gasteiger charge is -2.23. The summed E-state index contributed by atoms with van der Waals surface area (Å²) in [5.74, 6) is 1.64. The summed E-state index contributed by atoms with van der Waals surface area (Å²) >= 11 is 1.47. The molecule has 0 fully saturated rings. The molecule has 0 radical (unpaired) electrons. The largest absolute Gasteiger partial charge is 0.493 e. The number of hydrogen-bond acceptors (Lipinski definition) is 7. The summed E-state index contributed by atoms with van der Waals surface area (Å²) in [6, 6.07) is 28.8. The van der Waals surface area contributed by atoms with Crippen LogP contribution in [-0.2, 0) is 30.8 Å². The predicted octanol–water partition coefficient (Wildman–Crippen LogP) is 7.10. The molecule has 4 heterocycles. The number of hydrogen-bond donors (Lipinski definition) is 0. The zero-order valence-electron chi connectivity index (χ0n) is 34.4. The second-order valence-electron chi connectivity index (χ2n) is 15.5. The van der Waals surface area contributed by atoms with Crippen LogP contribution in [-0.4, -0.2) is 91.6 Å². The van der Waals surface area contributed by atoms with E-state index in [2.05, 4.69) is 24.6 Å². The summed E-state index contributed by atoms with van der Waals surface area (Å²) < 4.78 is 22.6. The van der Waals surface area contributed by atoms with E-state index >= 15 is 0 Å². The number of nitrogens with zero attached hydrogens (tertiary/aromatic N) is 5. The first kappa shape index (κ1) is 39.1. The summed E-state index contributed by atoms with van der Waals surface area (Å²) in [5.41, 5.74) is 9.70. The van der Waals surface area contributed by atoms with Crippen molar-refractivity contribution in [3.63, 3.8) is 0 Å². The standard InChI is InChI=1S/C48H45N5O6S/c1-29-15-37-41(49(2)24-35-19-32-11-7-9-13-39(32)52(35)47(37)55)22-43(29)58-26-30-16-31(18-34(17-30)51(4)46(54)28-60-6)27-59-45-23-42-38(21-44(45)57-5)48(56)53-36(25-50(42)3)20-33-12-8-10-14-40(33)53/h7-18,21-23,35-36H,19-20,26-28H2,1-6H3/t35-,36-/m0/s1. The maximum absolute atomic E-state index is 14.1. The van der Waals surface area contributed by atoms with E-state index in [0.717, 1.165) is 44.9 Å². The molecule has 60 heavy (non-hydrogen) atoms. The molecule has 304 valence electrons.